The number of hydrogen-bond donors (Lipinski definition) is 1. The Morgan fingerprint density at radius 1 is 1.06 bits per heavy atom. The van der Waals surface area contributed by atoms with E-state index in [2.05, 4.69) is 31.0 Å². The van der Waals surface area contributed by atoms with Gasteiger partial charge in [-0.15, -0.1) is 0 Å². The monoisotopic (exact) mass is 254 g/mol. The molecular formula is C16H34N2. The van der Waals surface area contributed by atoms with Crippen LogP contribution in [0.2, 0.25) is 0 Å². The summed E-state index contributed by atoms with van der Waals surface area (Å²) in [6.45, 7) is 12.1. The number of nitrogens with zero attached hydrogens (tertiary/aromatic N) is 1. The molecule has 1 fully saturated rings. The lowest BCUT2D eigenvalue weighted by Gasteiger charge is -2.39. The van der Waals surface area contributed by atoms with Crippen LogP contribution in [0.3, 0.4) is 0 Å². The third kappa shape index (κ3) is 5.71. The molecular weight excluding hydrogens is 220 g/mol. The minimum absolute atomic E-state index is 0.779. The van der Waals surface area contributed by atoms with Gasteiger partial charge >= 0.3 is 0 Å². The second-order valence-electron chi connectivity index (χ2n) is 5.88. The molecule has 0 radical (unpaired) electrons. The molecule has 0 saturated carbocycles. The number of nitrogens with one attached hydrogen (secondary N) is 1. The van der Waals surface area contributed by atoms with E-state index in [1.165, 1.54) is 71.1 Å². The molecule has 108 valence electrons. The number of unbranched alkanes of at least 4 members (excludes halogenated alkanes) is 3. The first-order chi connectivity index (χ1) is 8.81. The van der Waals surface area contributed by atoms with Gasteiger partial charge in [0, 0.05) is 12.6 Å². The van der Waals surface area contributed by atoms with Gasteiger partial charge in [0.2, 0.25) is 0 Å². The maximum Gasteiger partial charge on any atom is 0.0120 e. The van der Waals surface area contributed by atoms with Crippen LogP contribution in [0.15, 0.2) is 0 Å². The molecule has 2 heteroatoms. The highest BCUT2D eigenvalue weighted by Gasteiger charge is 2.26. The van der Waals surface area contributed by atoms with Gasteiger partial charge in [0.05, 0.1) is 0 Å². The highest BCUT2D eigenvalue weighted by molar-refractivity contribution is 4.84. The third-order valence-electron chi connectivity index (χ3n) is 4.33. The molecule has 0 aromatic heterocycles. The fourth-order valence-electron chi connectivity index (χ4n) is 3.08. The van der Waals surface area contributed by atoms with Crippen molar-refractivity contribution in [3.8, 4) is 0 Å². The van der Waals surface area contributed by atoms with Crippen molar-refractivity contribution in [2.45, 2.75) is 71.8 Å². The van der Waals surface area contributed by atoms with Crippen molar-refractivity contribution in [3.63, 3.8) is 0 Å². The zero-order valence-electron chi connectivity index (χ0n) is 12.9. The Morgan fingerprint density at radius 3 is 2.56 bits per heavy atom. The molecule has 1 aliphatic heterocycles. The fourth-order valence-corrected chi connectivity index (χ4v) is 3.08. The first-order valence-electron chi connectivity index (χ1n) is 8.27. The summed E-state index contributed by atoms with van der Waals surface area (Å²) in [5.41, 5.74) is 0. The zero-order chi connectivity index (χ0) is 13.2. The summed E-state index contributed by atoms with van der Waals surface area (Å²) >= 11 is 0. The summed E-state index contributed by atoms with van der Waals surface area (Å²) in [4.78, 5) is 2.70. The van der Waals surface area contributed by atoms with Gasteiger partial charge in [-0.05, 0) is 44.8 Å². The van der Waals surface area contributed by atoms with Crippen LogP contribution >= 0.6 is 0 Å². The molecule has 0 bridgehead atoms. The molecule has 1 aliphatic rings. The number of likely N-dealkylation sites (tertiary alicyclic amines) is 1. The fraction of sp³-hybridized carbons (Fsp3) is 1.00. The Balaban J connectivity index is 2.22. The largest absolute Gasteiger partial charge is 0.314 e. The van der Waals surface area contributed by atoms with E-state index >= 15 is 0 Å². The van der Waals surface area contributed by atoms with Gasteiger partial charge in [-0.2, -0.15) is 0 Å². The molecule has 0 aromatic carbocycles. The Hall–Kier alpha value is -0.0800. The van der Waals surface area contributed by atoms with Gasteiger partial charge in [-0.25, -0.2) is 0 Å². The molecule has 0 aromatic rings. The van der Waals surface area contributed by atoms with E-state index in [4.69, 9.17) is 0 Å². The molecule has 2 atom stereocenters. The van der Waals surface area contributed by atoms with Crippen LogP contribution in [0.5, 0.6) is 0 Å². The maximum absolute atomic E-state index is 3.74. The molecule has 2 unspecified atom stereocenters. The minimum Gasteiger partial charge on any atom is -0.314 e. The van der Waals surface area contributed by atoms with Crippen molar-refractivity contribution < 1.29 is 0 Å². The normalized spacial score (nSPS) is 25.5. The van der Waals surface area contributed by atoms with Crippen molar-refractivity contribution in [1.82, 2.24) is 10.2 Å². The van der Waals surface area contributed by atoms with Crippen molar-refractivity contribution in [1.29, 1.82) is 0 Å². The molecule has 0 aliphatic carbocycles. The minimum atomic E-state index is 0.779. The van der Waals surface area contributed by atoms with Crippen LogP contribution in [-0.2, 0) is 0 Å². The number of hydrogen-bond acceptors (Lipinski definition) is 2. The van der Waals surface area contributed by atoms with Gasteiger partial charge < -0.3 is 10.2 Å². The van der Waals surface area contributed by atoms with E-state index in [-0.39, 0.29) is 0 Å². The SMILES string of the molecule is CCCCCCN1CCC(NCCC)C(CC)C1. The molecule has 1 heterocycles. The van der Waals surface area contributed by atoms with Gasteiger partial charge in [0.15, 0.2) is 0 Å². The smallest absolute Gasteiger partial charge is 0.0120 e. The summed E-state index contributed by atoms with van der Waals surface area (Å²) in [6.07, 6.45) is 9.51. The topological polar surface area (TPSA) is 15.3 Å². The van der Waals surface area contributed by atoms with Crippen LogP contribution in [0, 0.1) is 5.92 Å². The number of rotatable bonds is 9. The Bertz CT molecular complexity index is 194. The lowest BCUT2D eigenvalue weighted by atomic mass is 9.89. The van der Waals surface area contributed by atoms with Crippen LogP contribution in [-0.4, -0.2) is 37.1 Å². The van der Waals surface area contributed by atoms with E-state index in [9.17, 15) is 0 Å². The van der Waals surface area contributed by atoms with Crippen molar-refractivity contribution in [2.75, 3.05) is 26.2 Å². The van der Waals surface area contributed by atoms with Gasteiger partial charge in [0.1, 0.15) is 0 Å². The van der Waals surface area contributed by atoms with E-state index in [0.717, 1.165) is 12.0 Å². The summed E-state index contributed by atoms with van der Waals surface area (Å²) < 4.78 is 0. The quantitative estimate of drug-likeness (QED) is 0.632. The molecule has 0 amide bonds. The molecule has 1 rings (SSSR count). The lowest BCUT2D eigenvalue weighted by Crippen LogP contribution is -2.49. The molecule has 0 spiro atoms. The molecule has 1 N–H and O–H groups in total. The molecule has 2 nitrogen and oxygen atoms in total. The zero-order valence-corrected chi connectivity index (χ0v) is 12.9. The maximum atomic E-state index is 3.74. The van der Waals surface area contributed by atoms with Crippen LogP contribution < -0.4 is 5.32 Å². The first kappa shape index (κ1) is 16.0. The average Bonchev–Trinajstić information content (AvgIpc) is 2.41. The summed E-state index contributed by atoms with van der Waals surface area (Å²) in [6, 6.07) is 0.779. The van der Waals surface area contributed by atoms with Crippen LogP contribution in [0.4, 0.5) is 0 Å². The van der Waals surface area contributed by atoms with E-state index in [1.807, 2.05) is 0 Å². The molecule has 18 heavy (non-hydrogen) atoms. The predicted molar refractivity (Wildman–Crippen MR) is 81.1 cm³/mol. The first-order valence-corrected chi connectivity index (χ1v) is 8.27. The van der Waals surface area contributed by atoms with Gasteiger partial charge in [-0.1, -0.05) is 46.5 Å². The summed E-state index contributed by atoms with van der Waals surface area (Å²) in [5, 5.41) is 3.74. The predicted octanol–water partition coefficient (Wildman–Crippen LogP) is 3.67. The number of piperidine rings is 1. The van der Waals surface area contributed by atoms with Crippen LogP contribution in [0.1, 0.15) is 65.7 Å². The highest BCUT2D eigenvalue weighted by Crippen LogP contribution is 2.20. The lowest BCUT2D eigenvalue weighted by molar-refractivity contribution is 0.133. The standard InChI is InChI=1S/C16H34N2/c1-4-7-8-9-12-18-13-10-16(17-11-5-2)15(6-3)14-18/h15-17H,4-14H2,1-3H3. The second-order valence-corrected chi connectivity index (χ2v) is 5.88. The third-order valence-corrected chi connectivity index (χ3v) is 4.33. The summed E-state index contributed by atoms with van der Waals surface area (Å²) in [5.74, 6) is 0.872. The second kappa shape index (κ2) is 9.80. The van der Waals surface area contributed by atoms with E-state index in [0.29, 0.717) is 0 Å². The van der Waals surface area contributed by atoms with Crippen molar-refractivity contribution in [3.05, 3.63) is 0 Å². The van der Waals surface area contributed by atoms with E-state index < -0.39 is 0 Å². The van der Waals surface area contributed by atoms with E-state index in [1.54, 1.807) is 0 Å². The highest BCUT2D eigenvalue weighted by atomic mass is 15.1. The van der Waals surface area contributed by atoms with Crippen molar-refractivity contribution in [2.24, 2.45) is 5.92 Å². The average molecular weight is 254 g/mol. The van der Waals surface area contributed by atoms with Gasteiger partial charge in [0.25, 0.3) is 0 Å². The van der Waals surface area contributed by atoms with Gasteiger partial charge in [-0.3, -0.25) is 0 Å². The Morgan fingerprint density at radius 2 is 1.89 bits per heavy atom. The Kier molecular flexibility index (Phi) is 8.70. The Labute approximate surface area is 115 Å². The van der Waals surface area contributed by atoms with Crippen molar-refractivity contribution >= 4 is 0 Å². The summed E-state index contributed by atoms with van der Waals surface area (Å²) in [7, 11) is 0. The molecule has 1 saturated heterocycles. The van der Waals surface area contributed by atoms with Crippen LogP contribution in [0.25, 0.3) is 0 Å².